The van der Waals surface area contributed by atoms with Crippen LogP contribution in [-0.4, -0.2) is 42.5 Å². The molecule has 10 heteroatoms. The first-order chi connectivity index (χ1) is 15.7. The fourth-order valence-corrected chi connectivity index (χ4v) is 5.40. The van der Waals surface area contributed by atoms with Gasteiger partial charge in [0.15, 0.2) is 11.6 Å². The van der Waals surface area contributed by atoms with E-state index in [1.54, 1.807) is 13.0 Å². The molecule has 1 aromatic heterocycles. The van der Waals surface area contributed by atoms with Gasteiger partial charge in [-0.2, -0.15) is 0 Å². The zero-order valence-corrected chi connectivity index (χ0v) is 18.9. The topological polar surface area (TPSA) is 105 Å². The number of piperidine rings is 1. The van der Waals surface area contributed by atoms with Crippen molar-refractivity contribution in [3.05, 3.63) is 64.9 Å². The molecule has 0 spiro atoms. The summed E-state index contributed by atoms with van der Waals surface area (Å²) in [5.41, 5.74) is 7.82. The number of fused-ring (bicyclic) bond motifs is 1. The quantitative estimate of drug-likeness (QED) is 0.542. The molecule has 1 saturated heterocycles. The first-order valence-corrected chi connectivity index (χ1v) is 12.3. The Bertz CT molecular complexity index is 1300. The summed E-state index contributed by atoms with van der Waals surface area (Å²) in [5, 5.41) is 0.767. The van der Waals surface area contributed by atoms with Crippen LogP contribution in [0.3, 0.4) is 0 Å². The normalized spacial score (nSPS) is 15.7. The van der Waals surface area contributed by atoms with E-state index in [-0.39, 0.29) is 23.8 Å². The molecule has 7 nitrogen and oxygen atoms in total. The van der Waals surface area contributed by atoms with Crippen molar-refractivity contribution in [3.8, 4) is 5.75 Å². The Labute approximate surface area is 190 Å². The summed E-state index contributed by atoms with van der Waals surface area (Å²) >= 11 is 0. The third-order valence-electron chi connectivity index (χ3n) is 6.10. The first kappa shape index (κ1) is 23.2. The number of primary amides is 1. The second kappa shape index (κ2) is 9.11. The lowest BCUT2D eigenvalue weighted by molar-refractivity contribution is 0.100. The third kappa shape index (κ3) is 4.72. The summed E-state index contributed by atoms with van der Waals surface area (Å²) in [7, 11) is -3.23. The molecule has 1 aliphatic rings. The molecular formula is C23H25F2N3O4S. The molecular weight excluding hydrogens is 452 g/mol. The van der Waals surface area contributed by atoms with Gasteiger partial charge in [0.2, 0.25) is 10.0 Å². The summed E-state index contributed by atoms with van der Waals surface area (Å²) in [6.45, 7) is 2.48. The maximum atomic E-state index is 13.5. The van der Waals surface area contributed by atoms with Gasteiger partial charge in [-0.3, -0.25) is 4.79 Å². The molecule has 0 unspecified atom stereocenters. The SMILES string of the molecule is CCS(=O)(=O)N1CCC(c2c[nH]c3c(C(N)=O)cc(OCc4ccc(F)c(F)c4)cc23)CC1. The highest BCUT2D eigenvalue weighted by Crippen LogP contribution is 2.37. The van der Waals surface area contributed by atoms with Gasteiger partial charge in [0.1, 0.15) is 12.4 Å². The van der Waals surface area contributed by atoms with Crippen molar-refractivity contribution in [2.45, 2.75) is 32.3 Å². The van der Waals surface area contributed by atoms with E-state index in [0.29, 0.717) is 42.8 Å². The average molecular weight is 478 g/mol. The Balaban J connectivity index is 1.61. The molecule has 4 rings (SSSR count). The number of nitrogens with one attached hydrogen (secondary N) is 1. The molecule has 0 saturated carbocycles. The van der Waals surface area contributed by atoms with Gasteiger partial charge < -0.3 is 15.5 Å². The number of aromatic nitrogens is 1. The lowest BCUT2D eigenvalue weighted by Gasteiger charge is -2.30. The molecule has 0 bridgehead atoms. The van der Waals surface area contributed by atoms with Crippen LogP contribution in [0.15, 0.2) is 36.5 Å². The minimum absolute atomic E-state index is 0.0199. The highest BCUT2D eigenvalue weighted by atomic mass is 32.2. The summed E-state index contributed by atoms with van der Waals surface area (Å²) < 4.78 is 58.3. The molecule has 33 heavy (non-hydrogen) atoms. The number of rotatable bonds is 7. The molecule has 0 atom stereocenters. The van der Waals surface area contributed by atoms with Crippen LogP contribution in [0.4, 0.5) is 8.78 Å². The lowest BCUT2D eigenvalue weighted by Crippen LogP contribution is -2.38. The number of aromatic amines is 1. The number of carbonyl (C=O) groups is 1. The van der Waals surface area contributed by atoms with E-state index >= 15 is 0 Å². The number of nitrogens with zero attached hydrogens (tertiary/aromatic N) is 1. The molecule has 2 aromatic carbocycles. The minimum atomic E-state index is -3.23. The second-order valence-corrected chi connectivity index (χ2v) is 10.4. The fourth-order valence-electron chi connectivity index (χ4n) is 4.27. The van der Waals surface area contributed by atoms with Crippen molar-refractivity contribution in [1.82, 2.24) is 9.29 Å². The van der Waals surface area contributed by atoms with Crippen molar-refractivity contribution < 1.29 is 26.7 Å². The number of halogens is 2. The lowest BCUT2D eigenvalue weighted by atomic mass is 9.89. The largest absolute Gasteiger partial charge is 0.489 e. The smallest absolute Gasteiger partial charge is 0.250 e. The van der Waals surface area contributed by atoms with E-state index in [9.17, 15) is 22.0 Å². The zero-order chi connectivity index (χ0) is 23.8. The standard InChI is InChI=1S/C23H25F2N3O4S/c1-2-33(30,31)28-7-5-15(6-8-28)19-12-27-22-17(19)10-16(11-18(22)23(26)29)32-13-14-3-4-20(24)21(25)9-14/h3-4,9-12,15,27H,2,5-8,13H2,1H3,(H2,26,29). The molecule has 176 valence electrons. The number of benzene rings is 2. The van der Waals surface area contributed by atoms with Crippen molar-refractivity contribution in [3.63, 3.8) is 0 Å². The molecule has 1 aliphatic heterocycles. The molecule has 2 heterocycles. The van der Waals surface area contributed by atoms with Crippen molar-refractivity contribution >= 4 is 26.8 Å². The number of hydrogen-bond acceptors (Lipinski definition) is 4. The van der Waals surface area contributed by atoms with Crippen molar-refractivity contribution in [2.75, 3.05) is 18.8 Å². The van der Waals surface area contributed by atoms with Crippen LogP contribution in [0.1, 0.15) is 47.2 Å². The van der Waals surface area contributed by atoms with Gasteiger partial charge in [-0.25, -0.2) is 21.5 Å². The molecule has 0 radical (unpaired) electrons. The number of carbonyl (C=O) groups excluding carboxylic acids is 1. The number of nitrogens with two attached hydrogens (primary N) is 1. The minimum Gasteiger partial charge on any atom is -0.489 e. The van der Waals surface area contributed by atoms with Crippen LogP contribution in [0.5, 0.6) is 5.75 Å². The molecule has 3 N–H and O–H groups in total. The van der Waals surface area contributed by atoms with Crippen molar-refractivity contribution in [2.24, 2.45) is 5.73 Å². The maximum Gasteiger partial charge on any atom is 0.250 e. The Morgan fingerprint density at radius 2 is 1.91 bits per heavy atom. The molecule has 1 fully saturated rings. The highest BCUT2D eigenvalue weighted by molar-refractivity contribution is 7.89. The molecule has 0 aliphatic carbocycles. The average Bonchev–Trinajstić information content (AvgIpc) is 3.23. The Kier molecular flexibility index (Phi) is 6.40. The zero-order valence-electron chi connectivity index (χ0n) is 18.1. The van der Waals surface area contributed by atoms with Gasteiger partial charge in [-0.1, -0.05) is 6.07 Å². The fraction of sp³-hybridized carbons (Fsp3) is 0.348. The number of ether oxygens (including phenoxy) is 1. The summed E-state index contributed by atoms with van der Waals surface area (Å²) in [5.74, 6) is -1.99. The van der Waals surface area contributed by atoms with Gasteiger partial charge >= 0.3 is 0 Å². The van der Waals surface area contributed by atoms with Crippen molar-refractivity contribution in [1.29, 1.82) is 0 Å². The van der Waals surface area contributed by atoms with Crippen LogP contribution in [-0.2, 0) is 16.6 Å². The van der Waals surface area contributed by atoms with Gasteiger partial charge in [-0.05, 0) is 61.1 Å². The highest BCUT2D eigenvalue weighted by Gasteiger charge is 2.29. The summed E-state index contributed by atoms with van der Waals surface area (Å²) in [6.07, 6.45) is 3.13. The molecule has 3 aromatic rings. The third-order valence-corrected chi connectivity index (χ3v) is 7.98. The van der Waals surface area contributed by atoms with E-state index in [4.69, 9.17) is 10.5 Å². The second-order valence-electron chi connectivity index (χ2n) is 8.11. The summed E-state index contributed by atoms with van der Waals surface area (Å²) in [6, 6.07) is 6.81. The van der Waals surface area contributed by atoms with Crippen LogP contribution >= 0.6 is 0 Å². The first-order valence-electron chi connectivity index (χ1n) is 10.7. The maximum absolute atomic E-state index is 13.5. The van der Waals surface area contributed by atoms with E-state index in [1.807, 2.05) is 6.20 Å². The number of H-pyrrole nitrogens is 1. The van der Waals surface area contributed by atoms with Crippen LogP contribution in [0.25, 0.3) is 10.9 Å². The van der Waals surface area contributed by atoms with E-state index in [2.05, 4.69) is 4.98 Å². The Morgan fingerprint density at radius 3 is 2.55 bits per heavy atom. The Hall–Kier alpha value is -2.98. The van der Waals surface area contributed by atoms with Crippen LogP contribution in [0.2, 0.25) is 0 Å². The van der Waals surface area contributed by atoms with Gasteiger partial charge in [0, 0.05) is 24.7 Å². The van der Waals surface area contributed by atoms with Gasteiger partial charge in [0.25, 0.3) is 5.91 Å². The molecule has 1 amide bonds. The van der Waals surface area contributed by atoms with E-state index in [1.165, 1.54) is 16.4 Å². The van der Waals surface area contributed by atoms with Crippen LogP contribution < -0.4 is 10.5 Å². The van der Waals surface area contributed by atoms with E-state index < -0.39 is 27.6 Å². The number of hydrogen-bond donors (Lipinski definition) is 2. The van der Waals surface area contributed by atoms with Gasteiger partial charge in [-0.15, -0.1) is 0 Å². The number of amides is 1. The monoisotopic (exact) mass is 477 g/mol. The number of sulfonamides is 1. The summed E-state index contributed by atoms with van der Waals surface area (Å²) in [4.78, 5) is 15.2. The Morgan fingerprint density at radius 1 is 1.18 bits per heavy atom. The van der Waals surface area contributed by atoms with Gasteiger partial charge in [0.05, 0.1) is 16.8 Å². The predicted octanol–water partition coefficient (Wildman–Crippen LogP) is 3.65. The van der Waals surface area contributed by atoms with E-state index in [0.717, 1.165) is 23.1 Å². The van der Waals surface area contributed by atoms with Crippen LogP contribution in [0, 0.1) is 11.6 Å². The predicted molar refractivity (Wildman–Crippen MR) is 121 cm³/mol.